The van der Waals surface area contributed by atoms with Crippen molar-refractivity contribution in [3.63, 3.8) is 0 Å². The van der Waals surface area contributed by atoms with E-state index < -0.39 is 0 Å². The van der Waals surface area contributed by atoms with Crippen LogP contribution in [-0.4, -0.2) is 48.7 Å². The number of rotatable bonds is 10. The van der Waals surface area contributed by atoms with E-state index >= 15 is 0 Å². The van der Waals surface area contributed by atoms with Crippen LogP contribution in [0.25, 0.3) is 0 Å². The van der Waals surface area contributed by atoms with Crippen molar-refractivity contribution in [1.82, 2.24) is 0 Å². The number of hydrogen-bond donors (Lipinski definition) is 2. The lowest BCUT2D eigenvalue weighted by molar-refractivity contribution is -0.153. The highest BCUT2D eigenvalue weighted by molar-refractivity contribution is 5.73. The maximum atomic E-state index is 11.7. The van der Waals surface area contributed by atoms with Crippen molar-refractivity contribution in [2.24, 2.45) is 5.92 Å². The minimum absolute atomic E-state index is 0.0548. The highest BCUT2D eigenvalue weighted by atomic mass is 16.5. The number of aliphatic hydroxyl groups excluding tert-OH is 2. The molecule has 0 aliphatic rings. The number of hydrogen-bond acceptors (Lipinski definition) is 5. The molecule has 0 aliphatic heterocycles. The van der Waals surface area contributed by atoms with Gasteiger partial charge in [0.25, 0.3) is 0 Å². The molecule has 0 bridgehead atoms. The van der Waals surface area contributed by atoms with E-state index in [2.05, 4.69) is 0 Å². The Labute approximate surface area is 103 Å². The summed E-state index contributed by atoms with van der Waals surface area (Å²) in [7, 11) is 0. The molecule has 0 heterocycles. The van der Waals surface area contributed by atoms with E-state index in [0.717, 1.165) is 0 Å². The predicted octanol–water partition coefficient (Wildman–Crippen LogP) is 0.726. The van der Waals surface area contributed by atoms with Crippen LogP contribution in [0.2, 0.25) is 0 Å². The minimum atomic E-state index is -0.346. The molecular weight excluding hydrogens is 224 g/mol. The van der Waals surface area contributed by atoms with Gasteiger partial charge >= 0.3 is 5.97 Å². The molecule has 0 spiro atoms. The van der Waals surface area contributed by atoms with Gasteiger partial charge in [0.05, 0.1) is 18.6 Å². The highest BCUT2D eigenvalue weighted by Crippen LogP contribution is 2.16. The zero-order chi connectivity index (χ0) is 13.1. The second-order valence-electron chi connectivity index (χ2n) is 3.88. The predicted molar refractivity (Wildman–Crippen MR) is 63.6 cm³/mol. The Morgan fingerprint density at radius 2 is 1.88 bits per heavy atom. The summed E-state index contributed by atoms with van der Waals surface area (Å²) in [6.07, 6.45) is 1.40. The van der Waals surface area contributed by atoms with Crippen LogP contribution in [0.5, 0.6) is 0 Å². The van der Waals surface area contributed by atoms with Gasteiger partial charge in [0.15, 0.2) is 0 Å². The first-order valence-electron chi connectivity index (χ1n) is 6.17. The van der Waals surface area contributed by atoms with Gasteiger partial charge in [-0.15, -0.1) is 0 Å². The quantitative estimate of drug-likeness (QED) is 0.440. The van der Waals surface area contributed by atoms with Gasteiger partial charge in [-0.2, -0.15) is 0 Å². The number of esters is 1. The minimum Gasteiger partial charge on any atom is -0.466 e. The molecule has 0 aromatic heterocycles. The topological polar surface area (TPSA) is 76.0 Å². The van der Waals surface area contributed by atoms with Gasteiger partial charge in [0.2, 0.25) is 0 Å². The maximum absolute atomic E-state index is 11.7. The van der Waals surface area contributed by atoms with Gasteiger partial charge < -0.3 is 19.7 Å². The maximum Gasteiger partial charge on any atom is 0.311 e. The number of aliphatic hydroxyl groups is 2. The van der Waals surface area contributed by atoms with Crippen LogP contribution in [-0.2, 0) is 14.3 Å². The van der Waals surface area contributed by atoms with Gasteiger partial charge in [-0.25, -0.2) is 0 Å². The fourth-order valence-corrected chi connectivity index (χ4v) is 1.55. The number of carbonyl (C=O) groups is 1. The zero-order valence-electron chi connectivity index (χ0n) is 10.7. The van der Waals surface area contributed by atoms with Crippen LogP contribution in [0.3, 0.4) is 0 Å². The number of carbonyl (C=O) groups excluding carboxylic acids is 1. The normalized spacial score (nSPS) is 14.4. The Hall–Kier alpha value is -0.650. The summed E-state index contributed by atoms with van der Waals surface area (Å²) in [4.78, 5) is 11.7. The summed E-state index contributed by atoms with van der Waals surface area (Å²) < 4.78 is 10.4. The summed E-state index contributed by atoms with van der Waals surface area (Å²) in [6, 6.07) is 0. The summed E-state index contributed by atoms with van der Waals surface area (Å²) in [5, 5.41) is 17.4. The lowest BCUT2D eigenvalue weighted by Gasteiger charge is -2.22. The van der Waals surface area contributed by atoms with Crippen LogP contribution in [0.1, 0.15) is 33.1 Å². The Kier molecular flexibility index (Phi) is 10.1. The second-order valence-corrected chi connectivity index (χ2v) is 3.88. The molecule has 17 heavy (non-hydrogen) atoms. The van der Waals surface area contributed by atoms with E-state index in [1.807, 2.05) is 6.92 Å². The number of ether oxygens (including phenoxy) is 2. The van der Waals surface area contributed by atoms with Crippen LogP contribution in [0, 0.1) is 5.92 Å². The molecule has 0 fully saturated rings. The third-order valence-corrected chi connectivity index (χ3v) is 2.51. The Morgan fingerprint density at radius 3 is 2.41 bits per heavy atom. The van der Waals surface area contributed by atoms with E-state index in [4.69, 9.17) is 19.7 Å². The van der Waals surface area contributed by atoms with E-state index in [1.165, 1.54) is 0 Å². The summed E-state index contributed by atoms with van der Waals surface area (Å²) >= 11 is 0. The first-order chi connectivity index (χ1) is 8.17. The smallest absolute Gasteiger partial charge is 0.311 e. The summed E-state index contributed by atoms with van der Waals surface area (Å²) in [5.74, 6) is -0.627. The van der Waals surface area contributed by atoms with Crippen LogP contribution < -0.4 is 0 Å². The Morgan fingerprint density at radius 1 is 1.24 bits per heavy atom. The average molecular weight is 248 g/mol. The van der Waals surface area contributed by atoms with Crippen molar-refractivity contribution in [2.45, 2.75) is 39.2 Å². The molecule has 0 saturated carbocycles. The average Bonchev–Trinajstić information content (AvgIpc) is 2.30. The van der Waals surface area contributed by atoms with Gasteiger partial charge in [-0.05, 0) is 33.1 Å². The third-order valence-electron chi connectivity index (χ3n) is 2.51. The van der Waals surface area contributed by atoms with Crippen LogP contribution in [0.15, 0.2) is 0 Å². The van der Waals surface area contributed by atoms with Crippen molar-refractivity contribution in [2.75, 3.05) is 26.4 Å². The van der Waals surface area contributed by atoms with Crippen molar-refractivity contribution < 1.29 is 24.5 Å². The molecule has 5 heteroatoms. The van der Waals surface area contributed by atoms with E-state index in [0.29, 0.717) is 32.5 Å². The fraction of sp³-hybridized carbons (Fsp3) is 0.917. The fourth-order valence-electron chi connectivity index (χ4n) is 1.55. The molecule has 5 nitrogen and oxygen atoms in total. The lowest BCUT2D eigenvalue weighted by atomic mass is 9.98. The third kappa shape index (κ3) is 7.31. The standard InChI is InChI=1S/C12H24O5/c1-3-16-12(15)11(6-4-7-13)10(2)17-9-5-8-14/h10-11,13-14H,3-9H2,1-2H3. The molecule has 2 unspecified atom stereocenters. The second kappa shape index (κ2) is 10.5. The van der Waals surface area contributed by atoms with Crippen molar-refractivity contribution in [3.8, 4) is 0 Å². The molecule has 0 radical (unpaired) electrons. The Bertz CT molecular complexity index is 195. The SMILES string of the molecule is CCOC(=O)C(CCCO)C(C)OCCCO. The summed E-state index contributed by atoms with van der Waals surface area (Å²) in [5.41, 5.74) is 0. The molecule has 0 saturated heterocycles. The zero-order valence-corrected chi connectivity index (χ0v) is 10.7. The molecule has 0 aromatic rings. The van der Waals surface area contributed by atoms with Crippen LogP contribution >= 0.6 is 0 Å². The lowest BCUT2D eigenvalue weighted by Crippen LogP contribution is -2.30. The molecule has 0 rings (SSSR count). The molecule has 102 valence electrons. The van der Waals surface area contributed by atoms with Crippen molar-refractivity contribution >= 4 is 5.97 Å². The van der Waals surface area contributed by atoms with Gasteiger partial charge in [-0.1, -0.05) is 0 Å². The van der Waals surface area contributed by atoms with Gasteiger partial charge in [-0.3, -0.25) is 4.79 Å². The Balaban J connectivity index is 4.18. The molecule has 2 atom stereocenters. The summed E-state index contributed by atoms with van der Waals surface area (Å²) in [6.45, 7) is 4.48. The molecule has 0 amide bonds. The monoisotopic (exact) mass is 248 g/mol. The molecular formula is C12H24O5. The molecule has 0 aliphatic carbocycles. The highest BCUT2D eigenvalue weighted by Gasteiger charge is 2.26. The first-order valence-corrected chi connectivity index (χ1v) is 6.17. The first kappa shape index (κ1) is 16.4. The van der Waals surface area contributed by atoms with Crippen molar-refractivity contribution in [3.05, 3.63) is 0 Å². The largest absolute Gasteiger partial charge is 0.466 e. The molecule has 2 N–H and O–H groups in total. The van der Waals surface area contributed by atoms with E-state index in [1.54, 1.807) is 6.92 Å². The van der Waals surface area contributed by atoms with Gasteiger partial charge in [0, 0.05) is 19.8 Å². The van der Waals surface area contributed by atoms with Crippen LogP contribution in [0.4, 0.5) is 0 Å². The van der Waals surface area contributed by atoms with E-state index in [-0.39, 0.29) is 31.2 Å². The molecule has 0 aromatic carbocycles. The van der Waals surface area contributed by atoms with Crippen molar-refractivity contribution in [1.29, 1.82) is 0 Å². The van der Waals surface area contributed by atoms with E-state index in [9.17, 15) is 4.79 Å². The van der Waals surface area contributed by atoms with Gasteiger partial charge in [0.1, 0.15) is 0 Å².